The van der Waals surface area contributed by atoms with Crippen molar-refractivity contribution in [2.24, 2.45) is 0 Å². The quantitative estimate of drug-likeness (QED) is 0.802. The van der Waals surface area contributed by atoms with Crippen LogP contribution in [0.4, 0.5) is 5.69 Å². The second-order valence-electron chi connectivity index (χ2n) is 6.02. The number of pyridine rings is 1. The molecule has 0 unspecified atom stereocenters. The molecule has 0 bridgehead atoms. The lowest BCUT2D eigenvalue weighted by Crippen LogP contribution is -2.24. The van der Waals surface area contributed by atoms with Crippen molar-refractivity contribution in [3.8, 4) is 22.5 Å². The molecule has 0 aliphatic heterocycles. The predicted octanol–water partition coefficient (Wildman–Crippen LogP) is 3.44. The average Bonchev–Trinajstić information content (AvgIpc) is 2.58. The molecule has 0 atom stereocenters. The zero-order valence-electron chi connectivity index (χ0n) is 14.0. The molecule has 3 aromatic rings. The second kappa shape index (κ2) is 6.28. The lowest BCUT2D eigenvalue weighted by molar-refractivity contribution is 0.505. The van der Waals surface area contributed by atoms with E-state index in [-0.39, 0.29) is 11.6 Å². The first-order chi connectivity index (χ1) is 11.5. The van der Waals surface area contributed by atoms with Gasteiger partial charge in [-0.25, -0.2) is 4.68 Å². The number of rotatable bonds is 3. The Hall–Kier alpha value is -2.95. The molecule has 5 nitrogen and oxygen atoms in total. The van der Waals surface area contributed by atoms with Gasteiger partial charge in [0.25, 0.3) is 5.56 Å². The summed E-state index contributed by atoms with van der Waals surface area (Å²) in [5.74, 6) is 0. The third-order valence-corrected chi connectivity index (χ3v) is 3.89. The topological polar surface area (TPSA) is 73.8 Å². The van der Waals surface area contributed by atoms with Crippen LogP contribution < -0.4 is 11.3 Å². The Morgan fingerprint density at radius 1 is 1.08 bits per heavy atom. The number of aryl methyl sites for hydroxylation is 1. The van der Waals surface area contributed by atoms with Gasteiger partial charge in [0.15, 0.2) is 0 Å². The van der Waals surface area contributed by atoms with Crippen LogP contribution in [-0.4, -0.2) is 14.8 Å². The molecule has 0 spiro atoms. The summed E-state index contributed by atoms with van der Waals surface area (Å²) in [5, 5.41) is 4.51. The number of aromatic nitrogens is 3. The zero-order valence-corrected chi connectivity index (χ0v) is 14.0. The van der Waals surface area contributed by atoms with Crippen molar-refractivity contribution in [3.63, 3.8) is 0 Å². The Balaban J connectivity index is 2.27. The number of hydrogen-bond acceptors (Lipinski definition) is 4. The van der Waals surface area contributed by atoms with Crippen LogP contribution in [-0.2, 0) is 0 Å². The maximum atomic E-state index is 12.0. The van der Waals surface area contributed by atoms with Gasteiger partial charge in [0.05, 0.1) is 28.8 Å². The highest BCUT2D eigenvalue weighted by Gasteiger charge is 2.14. The maximum absolute atomic E-state index is 12.0. The summed E-state index contributed by atoms with van der Waals surface area (Å²) in [4.78, 5) is 16.6. The van der Waals surface area contributed by atoms with Crippen molar-refractivity contribution in [1.29, 1.82) is 0 Å². The van der Waals surface area contributed by atoms with E-state index >= 15 is 0 Å². The van der Waals surface area contributed by atoms with Crippen LogP contribution in [0, 0.1) is 6.92 Å². The van der Waals surface area contributed by atoms with E-state index in [0.29, 0.717) is 11.4 Å². The van der Waals surface area contributed by atoms with Crippen molar-refractivity contribution in [3.05, 3.63) is 64.6 Å². The molecule has 0 radical (unpaired) electrons. The van der Waals surface area contributed by atoms with Gasteiger partial charge in [0.2, 0.25) is 0 Å². The van der Waals surface area contributed by atoms with E-state index in [9.17, 15) is 4.79 Å². The fraction of sp³-hybridized carbons (Fsp3) is 0.211. The summed E-state index contributed by atoms with van der Waals surface area (Å²) in [6.45, 7) is 5.74. The van der Waals surface area contributed by atoms with Gasteiger partial charge < -0.3 is 5.73 Å². The van der Waals surface area contributed by atoms with Crippen molar-refractivity contribution in [2.75, 3.05) is 5.73 Å². The minimum atomic E-state index is -0.122. The van der Waals surface area contributed by atoms with E-state index in [2.05, 4.69) is 10.1 Å². The van der Waals surface area contributed by atoms with Gasteiger partial charge in [-0.1, -0.05) is 30.3 Å². The molecule has 2 aromatic heterocycles. The number of anilines is 1. The van der Waals surface area contributed by atoms with Gasteiger partial charge in [-0.15, -0.1) is 0 Å². The van der Waals surface area contributed by atoms with Crippen molar-refractivity contribution in [1.82, 2.24) is 14.8 Å². The number of benzene rings is 1. The first-order valence-electron chi connectivity index (χ1n) is 7.90. The molecule has 5 heteroatoms. The smallest absolute Gasteiger partial charge is 0.267 e. The van der Waals surface area contributed by atoms with E-state index in [0.717, 1.165) is 22.5 Å². The monoisotopic (exact) mass is 320 g/mol. The normalized spacial score (nSPS) is 11.0. The highest BCUT2D eigenvalue weighted by Crippen LogP contribution is 2.31. The zero-order chi connectivity index (χ0) is 17.3. The molecule has 0 fully saturated rings. The third-order valence-electron chi connectivity index (χ3n) is 3.89. The number of nitrogens with zero attached hydrogens (tertiary/aromatic N) is 3. The minimum absolute atomic E-state index is 0.0200. The summed E-state index contributed by atoms with van der Waals surface area (Å²) >= 11 is 0. The fourth-order valence-electron chi connectivity index (χ4n) is 2.57. The molecule has 2 heterocycles. The molecule has 2 N–H and O–H groups in total. The standard InChI is InChI=1S/C19H20N4O/c1-12(2)23-18(24)10-9-17(22-23)15-11-16(20)13(3)21-19(15)14-7-5-4-6-8-14/h4-12H,20H2,1-3H3. The average molecular weight is 320 g/mol. The molecule has 122 valence electrons. The van der Waals surface area contributed by atoms with E-state index in [4.69, 9.17) is 5.73 Å². The molecule has 24 heavy (non-hydrogen) atoms. The highest BCUT2D eigenvalue weighted by atomic mass is 16.1. The summed E-state index contributed by atoms with van der Waals surface area (Å²) in [5.41, 5.74) is 10.6. The summed E-state index contributed by atoms with van der Waals surface area (Å²) in [7, 11) is 0. The molecule has 3 rings (SSSR count). The Labute approximate surface area is 140 Å². The molecular formula is C19H20N4O. The summed E-state index contributed by atoms with van der Waals surface area (Å²) in [6, 6.07) is 15.0. The number of nitrogen functional groups attached to an aromatic ring is 1. The number of hydrogen-bond donors (Lipinski definition) is 1. The summed E-state index contributed by atoms with van der Waals surface area (Å²) in [6.07, 6.45) is 0. The van der Waals surface area contributed by atoms with Crippen molar-refractivity contribution >= 4 is 5.69 Å². The SMILES string of the molecule is Cc1nc(-c2ccccc2)c(-c2ccc(=O)n(C(C)C)n2)cc1N. The van der Waals surface area contributed by atoms with Crippen LogP contribution >= 0.6 is 0 Å². The first-order valence-corrected chi connectivity index (χ1v) is 7.90. The lowest BCUT2D eigenvalue weighted by atomic mass is 10.0. The van der Waals surface area contributed by atoms with Gasteiger partial charge in [-0.3, -0.25) is 9.78 Å². The predicted molar refractivity (Wildman–Crippen MR) is 96.7 cm³/mol. The third kappa shape index (κ3) is 2.93. The van der Waals surface area contributed by atoms with Crippen LogP contribution in [0.15, 0.2) is 53.3 Å². The Kier molecular flexibility index (Phi) is 4.16. The molecule has 1 aromatic carbocycles. The van der Waals surface area contributed by atoms with E-state index < -0.39 is 0 Å². The molecule has 0 saturated heterocycles. The molecule has 0 aliphatic carbocycles. The van der Waals surface area contributed by atoms with E-state index in [1.54, 1.807) is 6.07 Å². The fourth-order valence-corrected chi connectivity index (χ4v) is 2.57. The first kappa shape index (κ1) is 15.9. The Morgan fingerprint density at radius 2 is 1.79 bits per heavy atom. The van der Waals surface area contributed by atoms with Gasteiger partial charge in [0, 0.05) is 17.2 Å². The Bertz CT molecular complexity index is 930. The van der Waals surface area contributed by atoms with Crippen LogP contribution in [0.2, 0.25) is 0 Å². The summed E-state index contributed by atoms with van der Waals surface area (Å²) < 4.78 is 1.47. The van der Waals surface area contributed by atoms with Crippen LogP contribution in [0.3, 0.4) is 0 Å². The van der Waals surface area contributed by atoms with Crippen LogP contribution in [0.25, 0.3) is 22.5 Å². The molecular weight excluding hydrogens is 300 g/mol. The van der Waals surface area contributed by atoms with E-state index in [1.807, 2.05) is 57.2 Å². The largest absolute Gasteiger partial charge is 0.397 e. The van der Waals surface area contributed by atoms with Crippen molar-refractivity contribution in [2.45, 2.75) is 26.8 Å². The minimum Gasteiger partial charge on any atom is -0.397 e. The van der Waals surface area contributed by atoms with E-state index in [1.165, 1.54) is 10.7 Å². The Morgan fingerprint density at radius 3 is 2.46 bits per heavy atom. The maximum Gasteiger partial charge on any atom is 0.267 e. The van der Waals surface area contributed by atoms with Crippen LogP contribution in [0.5, 0.6) is 0 Å². The van der Waals surface area contributed by atoms with Gasteiger partial charge in [-0.2, -0.15) is 5.10 Å². The highest BCUT2D eigenvalue weighted by molar-refractivity contribution is 5.81. The van der Waals surface area contributed by atoms with Gasteiger partial charge in [0.1, 0.15) is 0 Å². The molecule has 0 saturated carbocycles. The lowest BCUT2D eigenvalue weighted by Gasteiger charge is -2.14. The number of nitrogens with two attached hydrogens (primary N) is 1. The van der Waals surface area contributed by atoms with Crippen molar-refractivity contribution < 1.29 is 0 Å². The van der Waals surface area contributed by atoms with Crippen LogP contribution in [0.1, 0.15) is 25.6 Å². The van der Waals surface area contributed by atoms with Gasteiger partial charge >= 0.3 is 0 Å². The van der Waals surface area contributed by atoms with Gasteiger partial charge in [-0.05, 0) is 32.9 Å². The second-order valence-corrected chi connectivity index (χ2v) is 6.02. The molecule has 0 aliphatic rings. The molecule has 0 amide bonds.